The monoisotopic (exact) mass is 633 g/mol. The predicted molar refractivity (Wildman–Crippen MR) is 186 cm³/mol. The summed E-state index contributed by atoms with van der Waals surface area (Å²) in [5.74, 6) is 1.10. The molecule has 0 saturated carbocycles. The van der Waals surface area contributed by atoms with Gasteiger partial charge in [0.05, 0.1) is 14.2 Å². The first kappa shape index (κ1) is 36.0. The Morgan fingerprint density at radius 3 is 1.96 bits per heavy atom. The average molecular weight is 634 g/mol. The molecule has 254 valence electrons. The number of fused-ring (bicyclic) bond motifs is 1. The lowest BCUT2D eigenvalue weighted by Crippen LogP contribution is -2.45. The standard InChI is InChI=1S/C40H59NO5/c1-4-5-6-7-8-9-10-11-12-13-14-15-19-22-38(42)46-40(30-34-27-36(44-2)37(45-3)28-35(34)39(40)43)29-32-23-25-41(26-24-32)31-33-20-17-16-18-21-33/h16-18,20-21,27-28,32H,4-15,19,22-26,29-31H2,1-3H3. The first-order valence-electron chi connectivity index (χ1n) is 18.3. The molecule has 2 aromatic rings. The number of carbonyl (C=O) groups is 2. The summed E-state index contributed by atoms with van der Waals surface area (Å²) < 4.78 is 17.3. The molecule has 1 aliphatic heterocycles. The Hall–Kier alpha value is -2.86. The highest BCUT2D eigenvalue weighted by molar-refractivity contribution is 6.08. The van der Waals surface area contributed by atoms with Gasteiger partial charge in [0, 0.05) is 24.9 Å². The summed E-state index contributed by atoms with van der Waals surface area (Å²) >= 11 is 0. The Bertz CT molecular complexity index is 1210. The number of hydrogen-bond acceptors (Lipinski definition) is 6. The van der Waals surface area contributed by atoms with Crippen molar-refractivity contribution in [2.45, 2.75) is 135 Å². The minimum Gasteiger partial charge on any atom is -0.493 e. The zero-order valence-corrected chi connectivity index (χ0v) is 29.0. The normalized spacial score (nSPS) is 18.5. The van der Waals surface area contributed by atoms with Crippen molar-refractivity contribution in [1.82, 2.24) is 4.90 Å². The Morgan fingerprint density at radius 1 is 0.804 bits per heavy atom. The zero-order valence-electron chi connectivity index (χ0n) is 29.0. The number of rotatable bonds is 21. The fraction of sp³-hybridized carbons (Fsp3) is 0.650. The number of nitrogens with zero attached hydrogens (tertiary/aromatic N) is 1. The number of piperidine rings is 1. The maximum absolute atomic E-state index is 14.1. The summed E-state index contributed by atoms with van der Waals surface area (Å²) in [6.07, 6.45) is 19.7. The molecule has 1 aliphatic carbocycles. The molecule has 46 heavy (non-hydrogen) atoms. The summed E-state index contributed by atoms with van der Waals surface area (Å²) in [7, 11) is 3.18. The number of unbranched alkanes of at least 4 members (excludes halogenated alkanes) is 12. The number of ether oxygens (including phenoxy) is 3. The van der Waals surface area contributed by atoms with Crippen molar-refractivity contribution in [2.24, 2.45) is 5.92 Å². The van der Waals surface area contributed by atoms with Gasteiger partial charge in [0.15, 0.2) is 17.1 Å². The molecule has 0 bridgehead atoms. The molecule has 1 atom stereocenters. The third-order valence-corrected chi connectivity index (χ3v) is 10.1. The van der Waals surface area contributed by atoms with Crippen molar-refractivity contribution in [3.8, 4) is 11.5 Å². The van der Waals surface area contributed by atoms with Crippen LogP contribution in [0.25, 0.3) is 0 Å². The molecule has 4 rings (SSSR count). The van der Waals surface area contributed by atoms with Crippen LogP contribution < -0.4 is 9.47 Å². The van der Waals surface area contributed by atoms with Crippen LogP contribution in [0.4, 0.5) is 0 Å². The molecule has 6 heteroatoms. The molecule has 2 aromatic carbocycles. The number of methoxy groups -OCH3 is 2. The third kappa shape index (κ3) is 10.6. The molecule has 2 aliphatic rings. The van der Waals surface area contributed by atoms with Crippen molar-refractivity contribution in [3.63, 3.8) is 0 Å². The molecular weight excluding hydrogens is 574 g/mol. The lowest BCUT2D eigenvalue weighted by Gasteiger charge is -2.36. The molecule has 6 nitrogen and oxygen atoms in total. The van der Waals surface area contributed by atoms with Crippen LogP contribution in [0.2, 0.25) is 0 Å². The van der Waals surface area contributed by atoms with E-state index >= 15 is 0 Å². The summed E-state index contributed by atoms with van der Waals surface area (Å²) in [5.41, 5.74) is 1.63. The molecule has 0 radical (unpaired) electrons. The maximum atomic E-state index is 14.1. The lowest BCUT2D eigenvalue weighted by molar-refractivity contribution is -0.156. The summed E-state index contributed by atoms with van der Waals surface area (Å²) in [4.78, 5) is 29.9. The van der Waals surface area contributed by atoms with Gasteiger partial charge in [-0.3, -0.25) is 14.5 Å². The first-order chi connectivity index (χ1) is 22.5. The van der Waals surface area contributed by atoms with Crippen molar-refractivity contribution >= 4 is 11.8 Å². The Morgan fingerprint density at radius 2 is 1.37 bits per heavy atom. The van der Waals surface area contributed by atoms with E-state index in [0.29, 0.717) is 42.2 Å². The highest BCUT2D eigenvalue weighted by Crippen LogP contribution is 2.44. The van der Waals surface area contributed by atoms with Crippen LogP contribution in [0.3, 0.4) is 0 Å². The van der Waals surface area contributed by atoms with E-state index in [1.54, 1.807) is 20.3 Å². The number of esters is 1. The third-order valence-electron chi connectivity index (χ3n) is 10.1. The molecule has 1 fully saturated rings. The Balaban J connectivity index is 1.27. The minimum atomic E-state index is -1.15. The summed E-state index contributed by atoms with van der Waals surface area (Å²) in [5, 5.41) is 0. The molecule has 0 aromatic heterocycles. The molecule has 0 spiro atoms. The smallest absolute Gasteiger partial charge is 0.306 e. The van der Waals surface area contributed by atoms with Crippen LogP contribution in [0.5, 0.6) is 11.5 Å². The van der Waals surface area contributed by atoms with E-state index in [2.05, 4.69) is 42.2 Å². The van der Waals surface area contributed by atoms with Crippen LogP contribution >= 0.6 is 0 Å². The van der Waals surface area contributed by atoms with Gasteiger partial charge in [-0.15, -0.1) is 0 Å². The van der Waals surface area contributed by atoms with Crippen LogP contribution in [-0.4, -0.2) is 49.6 Å². The number of hydrogen-bond donors (Lipinski definition) is 0. The topological polar surface area (TPSA) is 65.1 Å². The number of ketones is 1. The van der Waals surface area contributed by atoms with Gasteiger partial charge < -0.3 is 14.2 Å². The molecular formula is C40H59NO5. The van der Waals surface area contributed by atoms with Crippen LogP contribution in [0.1, 0.15) is 138 Å². The predicted octanol–water partition coefficient (Wildman–Crippen LogP) is 9.51. The van der Waals surface area contributed by atoms with Crippen molar-refractivity contribution < 1.29 is 23.8 Å². The van der Waals surface area contributed by atoms with Crippen molar-refractivity contribution in [1.29, 1.82) is 0 Å². The van der Waals surface area contributed by atoms with E-state index in [1.165, 1.54) is 69.8 Å². The van der Waals surface area contributed by atoms with E-state index in [0.717, 1.165) is 57.3 Å². The Labute approximate surface area is 278 Å². The second-order valence-corrected chi connectivity index (χ2v) is 13.7. The average Bonchev–Trinajstić information content (AvgIpc) is 3.33. The quantitative estimate of drug-likeness (QED) is 0.101. The van der Waals surface area contributed by atoms with Gasteiger partial charge in [-0.2, -0.15) is 0 Å². The Kier molecular flexibility index (Phi) is 14.9. The van der Waals surface area contributed by atoms with Crippen LogP contribution in [-0.2, 0) is 22.5 Å². The van der Waals surface area contributed by atoms with Gasteiger partial charge in [0.25, 0.3) is 0 Å². The van der Waals surface area contributed by atoms with Crippen LogP contribution in [0, 0.1) is 5.92 Å². The van der Waals surface area contributed by atoms with Gasteiger partial charge in [-0.05, 0) is 68.0 Å². The second kappa shape index (κ2) is 19.1. The lowest BCUT2D eigenvalue weighted by atomic mass is 9.82. The molecule has 1 unspecified atom stereocenters. The fourth-order valence-electron chi connectivity index (χ4n) is 7.41. The number of carbonyl (C=O) groups excluding carboxylic acids is 2. The number of likely N-dealkylation sites (tertiary alicyclic amines) is 1. The maximum Gasteiger partial charge on any atom is 0.306 e. The van der Waals surface area contributed by atoms with Gasteiger partial charge in [0.2, 0.25) is 5.78 Å². The van der Waals surface area contributed by atoms with Crippen molar-refractivity contribution in [2.75, 3.05) is 27.3 Å². The highest BCUT2D eigenvalue weighted by Gasteiger charge is 2.50. The summed E-state index contributed by atoms with van der Waals surface area (Å²) in [6.45, 7) is 5.16. The van der Waals surface area contributed by atoms with Gasteiger partial charge in [-0.25, -0.2) is 0 Å². The summed E-state index contributed by atoms with van der Waals surface area (Å²) in [6, 6.07) is 14.2. The SMILES string of the molecule is CCCCCCCCCCCCCCCC(=O)OC1(CC2CCN(Cc3ccccc3)CC2)Cc2cc(OC)c(OC)cc2C1=O. The van der Waals surface area contributed by atoms with Gasteiger partial charge in [-0.1, -0.05) is 114 Å². The van der Waals surface area contributed by atoms with Gasteiger partial charge >= 0.3 is 5.97 Å². The van der Waals surface area contributed by atoms with E-state index in [9.17, 15) is 9.59 Å². The minimum absolute atomic E-state index is 0.0890. The molecule has 0 amide bonds. The van der Waals surface area contributed by atoms with Gasteiger partial charge in [0.1, 0.15) is 0 Å². The first-order valence-corrected chi connectivity index (χ1v) is 18.3. The fourth-order valence-corrected chi connectivity index (χ4v) is 7.41. The van der Waals surface area contributed by atoms with E-state index in [1.807, 2.05) is 6.07 Å². The largest absolute Gasteiger partial charge is 0.493 e. The molecule has 1 heterocycles. The van der Waals surface area contributed by atoms with E-state index in [4.69, 9.17) is 14.2 Å². The second-order valence-electron chi connectivity index (χ2n) is 13.7. The van der Waals surface area contributed by atoms with Crippen LogP contribution in [0.15, 0.2) is 42.5 Å². The number of benzene rings is 2. The van der Waals surface area contributed by atoms with E-state index in [-0.39, 0.29) is 11.8 Å². The van der Waals surface area contributed by atoms with E-state index < -0.39 is 5.60 Å². The highest BCUT2D eigenvalue weighted by atomic mass is 16.6. The molecule has 1 saturated heterocycles. The zero-order chi connectivity index (χ0) is 32.6. The molecule has 0 N–H and O–H groups in total. The number of Topliss-reactive ketones (excluding diaryl/α,β-unsaturated/α-hetero) is 1. The van der Waals surface area contributed by atoms with Crippen molar-refractivity contribution in [3.05, 3.63) is 59.2 Å².